The minimum absolute atomic E-state index is 0.752. The Hall–Kier alpha value is -1.84. The third-order valence-electron chi connectivity index (χ3n) is 2.54. The van der Waals surface area contributed by atoms with Crippen LogP contribution in [0.1, 0.15) is 11.4 Å². The SMILES string of the molecule is Cc1nc(-c2ccc3c(c2)CCO3)n[nH]1. The lowest BCUT2D eigenvalue weighted by molar-refractivity contribution is 0.357. The van der Waals surface area contributed by atoms with Crippen LogP contribution in [0.3, 0.4) is 0 Å². The first-order valence-electron chi connectivity index (χ1n) is 4.98. The van der Waals surface area contributed by atoms with Crippen LogP contribution in [0.2, 0.25) is 0 Å². The molecular weight excluding hydrogens is 190 g/mol. The molecule has 0 bridgehead atoms. The molecular formula is C11H11N3O. The zero-order chi connectivity index (χ0) is 10.3. The molecule has 4 heteroatoms. The number of aromatic amines is 1. The van der Waals surface area contributed by atoms with Gasteiger partial charge in [0.15, 0.2) is 5.82 Å². The molecule has 0 saturated heterocycles. The molecule has 0 amide bonds. The standard InChI is InChI=1S/C11H11N3O/c1-7-12-11(14-13-7)9-2-3-10-8(6-9)4-5-15-10/h2-3,6H,4-5H2,1H3,(H,12,13,14). The Morgan fingerprint density at radius 1 is 1.40 bits per heavy atom. The molecule has 0 unspecified atom stereocenters. The first kappa shape index (κ1) is 8.47. The summed E-state index contributed by atoms with van der Waals surface area (Å²) < 4.78 is 5.45. The first-order chi connectivity index (χ1) is 7.33. The fourth-order valence-corrected chi connectivity index (χ4v) is 1.80. The van der Waals surface area contributed by atoms with Gasteiger partial charge in [0.25, 0.3) is 0 Å². The third kappa shape index (κ3) is 1.38. The lowest BCUT2D eigenvalue weighted by Crippen LogP contribution is -1.85. The zero-order valence-electron chi connectivity index (χ0n) is 8.45. The fourth-order valence-electron chi connectivity index (χ4n) is 1.80. The molecule has 0 fully saturated rings. The van der Waals surface area contributed by atoms with Gasteiger partial charge in [-0.25, -0.2) is 4.98 Å². The van der Waals surface area contributed by atoms with E-state index >= 15 is 0 Å². The number of nitrogens with zero attached hydrogens (tertiary/aromatic N) is 2. The third-order valence-corrected chi connectivity index (χ3v) is 2.54. The maximum atomic E-state index is 5.45. The van der Waals surface area contributed by atoms with E-state index in [0.29, 0.717) is 0 Å². The molecule has 2 aromatic rings. The number of H-pyrrole nitrogens is 1. The summed E-state index contributed by atoms with van der Waals surface area (Å²) in [6, 6.07) is 6.08. The Labute approximate surface area is 87.3 Å². The summed E-state index contributed by atoms with van der Waals surface area (Å²) in [5.74, 6) is 2.58. The van der Waals surface area contributed by atoms with E-state index in [1.54, 1.807) is 0 Å². The highest BCUT2D eigenvalue weighted by molar-refractivity contribution is 5.59. The average molecular weight is 201 g/mol. The van der Waals surface area contributed by atoms with Crippen molar-refractivity contribution in [1.82, 2.24) is 15.2 Å². The fraction of sp³-hybridized carbons (Fsp3) is 0.273. The highest BCUT2D eigenvalue weighted by Gasteiger charge is 2.13. The van der Waals surface area contributed by atoms with Crippen LogP contribution in [-0.2, 0) is 6.42 Å². The van der Waals surface area contributed by atoms with E-state index in [0.717, 1.165) is 36.0 Å². The Morgan fingerprint density at radius 3 is 3.13 bits per heavy atom. The van der Waals surface area contributed by atoms with Crippen molar-refractivity contribution in [2.75, 3.05) is 6.61 Å². The lowest BCUT2D eigenvalue weighted by Gasteiger charge is -1.99. The number of fused-ring (bicyclic) bond motifs is 1. The number of benzene rings is 1. The van der Waals surface area contributed by atoms with Gasteiger partial charge in [0.05, 0.1) is 6.61 Å². The highest BCUT2D eigenvalue weighted by Crippen LogP contribution is 2.28. The van der Waals surface area contributed by atoms with Crippen molar-refractivity contribution in [1.29, 1.82) is 0 Å². The van der Waals surface area contributed by atoms with Crippen LogP contribution in [0.25, 0.3) is 11.4 Å². The van der Waals surface area contributed by atoms with Gasteiger partial charge in [0.1, 0.15) is 11.6 Å². The molecule has 0 aliphatic carbocycles. The molecule has 15 heavy (non-hydrogen) atoms. The van der Waals surface area contributed by atoms with Crippen molar-refractivity contribution in [3.8, 4) is 17.1 Å². The van der Waals surface area contributed by atoms with E-state index < -0.39 is 0 Å². The minimum Gasteiger partial charge on any atom is -0.493 e. The van der Waals surface area contributed by atoms with E-state index in [9.17, 15) is 0 Å². The van der Waals surface area contributed by atoms with Crippen molar-refractivity contribution in [2.24, 2.45) is 0 Å². The Kier molecular flexibility index (Phi) is 1.74. The van der Waals surface area contributed by atoms with Crippen LogP contribution in [0.4, 0.5) is 0 Å². The van der Waals surface area contributed by atoms with Gasteiger partial charge in [-0.2, -0.15) is 5.10 Å². The zero-order valence-corrected chi connectivity index (χ0v) is 8.45. The van der Waals surface area contributed by atoms with Crippen molar-refractivity contribution in [3.63, 3.8) is 0 Å². The monoisotopic (exact) mass is 201 g/mol. The molecule has 3 rings (SSSR count). The van der Waals surface area contributed by atoms with Crippen LogP contribution in [0, 0.1) is 6.92 Å². The van der Waals surface area contributed by atoms with Crippen LogP contribution >= 0.6 is 0 Å². The molecule has 0 saturated carbocycles. The van der Waals surface area contributed by atoms with Gasteiger partial charge >= 0.3 is 0 Å². The molecule has 0 spiro atoms. The predicted molar refractivity (Wildman–Crippen MR) is 55.8 cm³/mol. The van der Waals surface area contributed by atoms with Gasteiger partial charge in [-0.1, -0.05) is 0 Å². The number of aryl methyl sites for hydroxylation is 1. The second kappa shape index (κ2) is 3.08. The lowest BCUT2D eigenvalue weighted by atomic mass is 10.1. The highest BCUT2D eigenvalue weighted by atomic mass is 16.5. The van der Waals surface area contributed by atoms with Gasteiger partial charge in [0, 0.05) is 12.0 Å². The smallest absolute Gasteiger partial charge is 0.181 e. The average Bonchev–Trinajstić information content (AvgIpc) is 2.84. The predicted octanol–water partition coefficient (Wildman–Crippen LogP) is 1.72. The van der Waals surface area contributed by atoms with Crippen molar-refractivity contribution >= 4 is 0 Å². The minimum atomic E-state index is 0.752. The number of nitrogens with one attached hydrogen (secondary N) is 1. The Morgan fingerprint density at radius 2 is 2.33 bits per heavy atom. The molecule has 1 aliphatic heterocycles. The van der Waals surface area contributed by atoms with Gasteiger partial charge in [0.2, 0.25) is 0 Å². The molecule has 4 nitrogen and oxygen atoms in total. The number of hydrogen-bond donors (Lipinski definition) is 1. The normalized spacial score (nSPS) is 13.7. The van der Waals surface area contributed by atoms with E-state index in [2.05, 4.69) is 21.2 Å². The molecule has 1 N–H and O–H groups in total. The van der Waals surface area contributed by atoms with Crippen LogP contribution in [0.5, 0.6) is 5.75 Å². The molecule has 2 heterocycles. The summed E-state index contributed by atoms with van der Waals surface area (Å²) in [6.07, 6.45) is 0.979. The number of rotatable bonds is 1. The molecule has 1 aliphatic rings. The quantitative estimate of drug-likeness (QED) is 0.764. The van der Waals surface area contributed by atoms with Gasteiger partial charge in [-0.15, -0.1) is 0 Å². The van der Waals surface area contributed by atoms with Crippen molar-refractivity contribution in [2.45, 2.75) is 13.3 Å². The molecule has 76 valence electrons. The molecule has 1 aromatic carbocycles. The summed E-state index contributed by atoms with van der Waals surface area (Å²) >= 11 is 0. The van der Waals surface area contributed by atoms with Crippen molar-refractivity contribution < 1.29 is 4.74 Å². The van der Waals surface area contributed by atoms with Gasteiger partial charge in [-0.3, -0.25) is 5.10 Å². The van der Waals surface area contributed by atoms with Gasteiger partial charge in [-0.05, 0) is 30.7 Å². The van der Waals surface area contributed by atoms with Crippen LogP contribution < -0.4 is 4.74 Å². The number of hydrogen-bond acceptors (Lipinski definition) is 3. The Bertz CT molecular complexity index is 504. The summed E-state index contributed by atoms with van der Waals surface area (Å²) in [5.41, 5.74) is 2.29. The largest absolute Gasteiger partial charge is 0.493 e. The maximum Gasteiger partial charge on any atom is 0.181 e. The summed E-state index contributed by atoms with van der Waals surface area (Å²) in [7, 11) is 0. The van der Waals surface area contributed by atoms with Crippen LogP contribution in [-0.4, -0.2) is 21.8 Å². The summed E-state index contributed by atoms with van der Waals surface area (Å²) in [5, 5.41) is 6.98. The van der Waals surface area contributed by atoms with Gasteiger partial charge < -0.3 is 4.74 Å². The first-order valence-corrected chi connectivity index (χ1v) is 4.98. The second-order valence-electron chi connectivity index (χ2n) is 3.67. The molecule has 0 radical (unpaired) electrons. The molecule has 1 aromatic heterocycles. The second-order valence-corrected chi connectivity index (χ2v) is 3.67. The number of aromatic nitrogens is 3. The topological polar surface area (TPSA) is 50.8 Å². The summed E-state index contributed by atoms with van der Waals surface area (Å²) in [4.78, 5) is 4.30. The van der Waals surface area contributed by atoms with Crippen molar-refractivity contribution in [3.05, 3.63) is 29.6 Å². The van der Waals surface area contributed by atoms with E-state index in [1.165, 1.54) is 5.56 Å². The van der Waals surface area contributed by atoms with E-state index in [1.807, 2.05) is 19.1 Å². The maximum absolute atomic E-state index is 5.45. The van der Waals surface area contributed by atoms with E-state index in [4.69, 9.17) is 4.74 Å². The number of ether oxygens (including phenoxy) is 1. The van der Waals surface area contributed by atoms with E-state index in [-0.39, 0.29) is 0 Å². The summed E-state index contributed by atoms with van der Waals surface area (Å²) in [6.45, 7) is 2.68. The molecule has 0 atom stereocenters. The Balaban J connectivity index is 2.06. The van der Waals surface area contributed by atoms with Crippen LogP contribution in [0.15, 0.2) is 18.2 Å².